The number of carbonyl (C=O) groups is 1. The quantitative estimate of drug-likeness (QED) is 0.267. The number of nitrogens with one attached hydrogen (secondary N) is 1. The Labute approximate surface area is 151 Å². The van der Waals surface area contributed by atoms with Gasteiger partial charge >= 0.3 is 0 Å². The molecule has 7 N–H and O–H groups in total. The van der Waals surface area contributed by atoms with Crippen LogP contribution in [0.2, 0.25) is 0 Å². The van der Waals surface area contributed by atoms with Crippen molar-refractivity contribution in [2.24, 2.45) is 5.73 Å². The minimum atomic E-state index is -1.25. The van der Waals surface area contributed by atoms with Crippen molar-refractivity contribution in [2.75, 3.05) is 26.9 Å². The molecule has 2 aliphatic heterocycles. The van der Waals surface area contributed by atoms with E-state index in [-0.39, 0.29) is 6.61 Å². The Morgan fingerprint density at radius 1 is 1.19 bits per heavy atom. The maximum absolute atomic E-state index is 11.5. The second kappa shape index (κ2) is 9.35. The van der Waals surface area contributed by atoms with E-state index in [0.29, 0.717) is 0 Å². The van der Waals surface area contributed by atoms with Crippen LogP contribution in [0.25, 0.3) is 0 Å². The first-order valence-corrected chi connectivity index (χ1v) is 8.39. The number of methoxy groups -OCH3 is 1. The third kappa shape index (κ3) is 4.50. The molecule has 9 atom stereocenters. The van der Waals surface area contributed by atoms with Crippen LogP contribution < -0.4 is 11.1 Å². The Morgan fingerprint density at radius 2 is 1.85 bits per heavy atom. The van der Waals surface area contributed by atoms with E-state index in [9.17, 15) is 25.2 Å². The molecule has 0 saturated carbocycles. The van der Waals surface area contributed by atoms with E-state index in [1.54, 1.807) is 0 Å². The molecule has 0 aromatic rings. The molecule has 11 heteroatoms. The van der Waals surface area contributed by atoms with Crippen molar-refractivity contribution in [1.82, 2.24) is 5.32 Å². The standard InChI is InChI=1S/C15H28N2O9/c1-6(20)17-10-12(22)13(23-2)9(4-19)25-15(10)26-14-8(3-18)24-5-7(16)11(14)21/h7-15,18-19,21-22H,3-5,16H2,1-2H3,(H,17,20)/t7?,8-,9?,10?,11?,12+,13+,14+,15-/m0/s1. The lowest BCUT2D eigenvalue weighted by Gasteiger charge is -2.46. The number of ether oxygens (including phenoxy) is 4. The summed E-state index contributed by atoms with van der Waals surface area (Å²) in [6, 6.07) is -1.78. The number of aliphatic hydroxyl groups is 4. The fourth-order valence-electron chi connectivity index (χ4n) is 3.23. The van der Waals surface area contributed by atoms with Crippen molar-refractivity contribution in [3.63, 3.8) is 0 Å². The number of nitrogens with two attached hydrogens (primary N) is 1. The van der Waals surface area contributed by atoms with E-state index in [4.69, 9.17) is 24.7 Å². The minimum absolute atomic E-state index is 0.0422. The number of rotatable bonds is 6. The predicted octanol–water partition coefficient (Wildman–Crippen LogP) is -3.95. The summed E-state index contributed by atoms with van der Waals surface area (Å²) in [5, 5.41) is 42.3. The van der Waals surface area contributed by atoms with E-state index in [1.165, 1.54) is 14.0 Å². The molecule has 0 aliphatic carbocycles. The van der Waals surface area contributed by atoms with Gasteiger partial charge in [-0.1, -0.05) is 0 Å². The van der Waals surface area contributed by atoms with E-state index in [0.717, 1.165) is 0 Å². The van der Waals surface area contributed by atoms with Gasteiger partial charge in [-0.25, -0.2) is 0 Å². The highest BCUT2D eigenvalue weighted by atomic mass is 16.7. The molecule has 2 aliphatic rings. The van der Waals surface area contributed by atoms with Gasteiger partial charge in [0.2, 0.25) is 5.91 Å². The highest BCUT2D eigenvalue weighted by molar-refractivity contribution is 5.73. The van der Waals surface area contributed by atoms with Gasteiger partial charge in [-0.05, 0) is 0 Å². The van der Waals surface area contributed by atoms with Crippen molar-refractivity contribution in [3.05, 3.63) is 0 Å². The van der Waals surface area contributed by atoms with Crippen LogP contribution in [0.15, 0.2) is 0 Å². The molecule has 0 bridgehead atoms. The lowest BCUT2D eigenvalue weighted by molar-refractivity contribution is -0.310. The molecule has 2 rings (SSSR count). The zero-order chi connectivity index (χ0) is 19.4. The van der Waals surface area contributed by atoms with Crippen LogP contribution in [0.5, 0.6) is 0 Å². The molecule has 0 radical (unpaired) electrons. The average molecular weight is 380 g/mol. The molecule has 2 saturated heterocycles. The fraction of sp³-hybridized carbons (Fsp3) is 0.933. The first-order valence-electron chi connectivity index (χ1n) is 8.39. The van der Waals surface area contributed by atoms with Gasteiger partial charge < -0.3 is 50.4 Å². The van der Waals surface area contributed by atoms with Crippen molar-refractivity contribution in [3.8, 4) is 0 Å². The van der Waals surface area contributed by atoms with Gasteiger partial charge in [0.15, 0.2) is 6.29 Å². The summed E-state index contributed by atoms with van der Waals surface area (Å²) in [5.74, 6) is -0.445. The molecule has 2 heterocycles. The Bertz CT molecular complexity index is 466. The van der Waals surface area contributed by atoms with E-state index in [2.05, 4.69) is 5.32 Å². The highest BCUT2D eigenvalue weighted by Gasteiger charge is 2.49. The fourth-order valence-corrected chi connectivity index (χ4v) is 3.23. The average Bonchev–Trinajstić information content (AvgIpc) is 2.61. The van der Waals surface area contributed by atoms with Gasteiger partial charge in [-0.3, -0.25) is 4.79 Å². The number of hydrogen-bond acceptors (Lipinski definition) is 10. The first-order chi connectivity index (χ1) is 12.3. The largest absolute Gasteiger partial charge is 0.394 e. The normalized spacial score (nSPS) is 43.9. The summed E-state index contributed by atoms with van der Waals surface area (Å²) in [4.78, 5) is 11.5. The summed E-state index contributed by atoms with van der Waals surface area (Å²) in [7, 11) is 1.34. The Morgan fingerprint density at radius 3 is 2.38 bits per heavy atom. The Hall–Kier alpha value is -0.890. The van der Waals surface area contributed by atoms with Gasteiger partial charge in [-0.2, -0.15) is 0 Å². The monoisotopic (exact) mass is 380 g/mol. The van der Waals surface area contributed by atoms with Crippen molar-refractivity contribution in [1.29, 1.82) is 0 Å². The molecular weight excluding hydrogens is 352 g/mol. The van der Waals surface area contributed by atoms with Gasteiger partial charge in [0, 0.05) is 14.0 Å². The molecule has 2 fully saturated rings. The number of amides is 1. The van der Waals surface area contributed by atoms with Crippen LogP contribution in [0.3, 0.4) is 0 Å². The maximum Gasteiger partial charge on any atom is 0.217 e. The number of aliphatic hydroxyl groups excluding tert-OH is 4. The van der Waals surface area contributed by atoms with Crippen LogP contribution in [0.4, 0.5) is 0 Å². The second-order valence-electron chi connectivity index (χ2n) is 6.45. The van der Waals surface area contributed by atoms with Crippen LogP contribution in [0, 0.1) is 0 Å². The smallest absolute Gasteiger partial charge is 0.217 e. The summed E-state index contributed by atoms with van der Waals surface area (Å²) in [6.45, 7) is 0.406. The van der Waals surface area contributed by atoms with Gasteiger partial charge in [-0.15, -0.1) is 0 Å². The zero-order valence-corrected chi connectivity index (χ0v) is 14.7. The molecule has 0 aromatic carbocycles. The van der Waals surface area contributed by atoms with Crippen LogP contribution in [0.1, 0.15) is 6.92 Å². The summed E-state index contributed by atoms with van der Waals surface area (Å²) in [5.41, 5.74) is 5.77. The molecule has 0 spiro atoms. The predicted molar refractivity (Wildman–Crippen MR) is 85.8 cm³/mol. The molecule has 152 valence electrons. The Balaban J connectivity index is 2.23. The summed E-state index contributed by atoms with van der Waals surface area (Å²) in [6.07, 6.45) is -7.39. The lowest BCUT2D eigenvalue weighted by atomic mass is 9.95. The summed E-state index contributed by atoms with van der Waals surface area (Å²) >= 11 is 0. The number of hydrogen-bond donors (Lipinski definition) is 6. The third-order valence-electron chi connectivity index (χ3n) is 4.61. The molecule has 4 unspecified atom stereocenters. The first kappa shape index (κ1) is 21.4. The molecule has 11 nitrogen and oxygen atoms in total. The molecule has 1 amide bonds. The van der Waals surface area contributed by atoms with Crippen LogP contribution in [-0.4, -0.2) is 108 Å². The minimum Gasteiger partial charge on any atom is -0.394 e. The van der Waals surface area contributed by atoms with Crippen molar-refractivity contribution in [2.45, 2.75) is 61.9 Å². The highest BCUT2D eigenvalue weighted by Crippen LogP contribution is 2.28. The lowest BCUT2D eigenvalue weighted by Crippen LogP contribution is -2.67. The third-order valence-corrected chi connectivity index (χ3v) is 4.61. The SMILES string of the molecule is CO[C@@H]1C(CO)O[C@@H](O[C@H]2C(O)C(N)CO[C@H]2CO)C(NC(C)=O)[C@H]1O. The van der Waals surface area contributed by atoms with Crippen LogP contribution in [-0.2, 0) is 23.7 Å². The van der Waals surface area contributed by atoms with Crippen molar-refractivity contribution < 1.29 is 44.2 Å². The van der Waals surface area contributed by atoms with E-state index < -0.39 is 74.1 Å². The molecule has 26 heavy (non-hydrogen) atoms. The van der Waals surface area contributed by atoms with Gasteiger partial charge in [0.05, 0.1) is 25.9 Å². The molecule has 0 aromatic heterocycles. The maximum atomic E-state index is 11.5. The van der Waals surface area contributed by atoms with E-state index in [1.807, 2.05) is 0 Å². The van der Waals surface area contributed by atoms with Crippen molar-refractivity contribution >= 4 is 5.91 Å². The second-order valence-corrected chi connectivity index (χ2v) is 6.45. The zero-order valence-electron chi connectivity index (χ0n) is 14.7. The molecular formula is C15H28N2O9. The number of carbonyl (C=O) groups excluding carboxylic acids is 1. The van der Waals surface area contributed by atoms with Gasteiger partial charge in [0.1, 0.15) is 42.7 Å². The van der Waals surface area contributed by atoms with Gasteiger partial charge in [0.25, 0.3) is 0 Å². The van der Waals surface area contributed by atoms with Crippen LogP contribution >= 0.6 is 0 Å². The Kier molecular flexibility index (Phi) is 7.70. The summed E-state index contributed by atoms with van der Waals surface area (Å²) < 4.78 is 21.9. The van der Waals surface area contributed by atoms with E-state index >= 15 is 0 Å². The topological polar surface area (TPSA) is 173 Å².